The third-order valence-corrected chi connectivity index (χ3v) is 4.82. The summed E-state index contributed by atoms with van der Waals surface area (Å²) in [4.78, 5) is 26.0. The lowest BCUT2D eigenvalue weighted by Crippen LogP contribution is -2.14. The number of carbonyl (C=O) groups is 2. The van der Waals surface area contributed by atoms with Crippen molar-refractivity contribution in [2.75, 3.05) is 12.4 Å². The number of halogens is 1. The molecule has 4 rings (SSSR count). The number of furan rings is 1. The molecule has 3 aromatic carbocycles. The highest BCUT2D eigenvalue weighted by Gasteiger charge is 2.24. The lowest BCUT2D eigenvalue weighted by molar-refractivity contribution is 0.101. The first-order valence-corrected chi connectivity index (χ1v) is 9.22. The molecule has 29 heavy (non-hydrogen) atoms. The number of rotatable bonds is 5. The Morgan fingerprint density at radius 2 is 1.72 bits per heavy atom. The van der Waals surface area contributed by atoms with Crippen LogP contribution in [0.4, 0.5) is 5.69 Å². The van der Waals surface area contributed by atoms with E-state index in [2.05, 4.69) is 5.32 Å². The molecule has 0 atom stereocenters. The van der Waals surface area contributed by atoms with Gasteiger partial charge in [-0.05, 0) is 36.4 Å². The van der Waals surface area contributed by atoms with Crippen LogP contribution in [0.2, 0.25) is 5.02 Å². The van der Waals surface area contributed by atoms with Crippen molar-refractivity contribution in [3.63, 3.8) is 0 Å². The van der Waals surface area contributed by atoms with Crippen molar-refractivity contribution in [2.45, 2.75) is 0 Å². The number of hydrogen-bond acceptors (Lipinski definition) is 4. The van der Waals surface area contributed by atoms with Gasteiger partial charge in [-0.15, -0.1) is 0 Å². The van der Waals surface area contributed by atoms with Crippen LogP contribution in [0.1, 0.15) is 26.5 Å². The lowest BCUT2D eigenvalue weighted by atomic mass is 10.1. The van der Waals surface area contributed by atoms with Gasteiger partial charge in [0.15, 0.2) is 5.76 Å². The molecule has 0 aliphatic heterocycles. The minimum Gasteiger partial charge on any atom is -0.497 e. The van der Waals surface area contributed by atoms with E-state index >= 15 is 0 Å². The van der Waals surface area contributed by atoms with Gasteiger partial charge in [-0.2, -0.15) is 0 Å². The maximum absolute atomic E-state index is 13.2. The Hall–Kier alpha value is -3.57. The summed E-state index contributed by atoms with van der Waals surface area (Å²) in [5.74, 6) is -0.204. The Morgan fingerprint density at radius 1 is 0.966 bits per heavy atom. The molecule has 1 aromatic heterocycles. The second kappa shape index (κ2) is 7.81. The van der Waals surface area contributed by atoms with E-state index in [4.69, 9.17) is 20.8 Å². The zero-order valence-electron chi connectivity index (χ0n) is 15.4. The monoisotopic (exact) mass is 405 g/mol. The highest BCUT2D eigenvalue weighted by atomic mass is 35.5. The number of carbonyl (C=O) groups excluding carboxylic acids is 2. The molecule has 0 unspecified atom stereocenters. The van der Waals surface area contributed by atoms with E-state index in [-0.39, 0.29) is 11.5 Å². The van der Waals surface area contributed by atoms with Gasteiger partial charge in [-0.3, -0.25) is 9.59 Å². The summed E-state index contributed by atoms with van der Waals surface area (Å²) in [6, 6.07) is 20.6. The first-order valence-electron chi connectivity index (χ1n) is 8.84. The number of nitrogens with one attached hydrogen (secondary N) is 1. The average molecular weight is 406 g/mol. The van der Waals surface area contributed by atoms with Crippen molar-refractivity contribution in [3.05, 3.63) is 94.7 Å². The van der Waals surface area contributed by atoms with Crippen LogP contribution in [0, 0.1) is 0 Å². The second-order valence-corrected chi connectivity index (χ2v) is 6.70. The number of anilines is 1. The van der Waals surface area contributed by atoms with E-state index in [1.165, 1.54) is 7.11 Å². The Bertz CT molecular complexity index is 1230. The van der Waals surface area contributed by atoms with Crippen molar-refractivity contribution in [1.29, 1.82) is 0 Å². The molecule has 4 aromatic rings. The molecular weight excluding hydrogens is 390 g/mol. The minimum atomic E-state index is -0.429. The lowest BCUT2D eigenvalue weighted by Gasteiger charge is -2.08. The molecule has 144 valence electrons. The molecule has 6 heteroatoms. The zero-order valence-corrected chi connectivity index (χ0v) is 16.2. The number of methoxy groups -OCH3 is 1. The van der Waals surface area contributed by atoms with Gasteiger partial charge in [0.2, 0.25) is 5.78 Å². The summed E-state index contributed by atoms with van der Waals surface area (Å²) in [6.07, 6.45) is 0. The molecule has 1 amide bonds. The summed E-state index contributed by atoms with van der Waals surface area (Å²) < 4.78 is 11.0. The van der Waals surface area contributed by atoms with E-state index < -0.39 is 5.91 Å². The maximum atomic E-state index is 13.2. The molecule has 0 aliphatic rings. The van der Waals surface area contributed by atoms with Crippen LogP contribution < -0.4 is 10.1 Å². The van der Waals surface area contributed by atoms with Gasteiger partial charge in [0, 0.05) is 10.9 Å². The molecule has 1 heterocycles. The highest BCUT2D eigenvalue weighted by molar-refractivity contribution is 6.34. The van der Waals surface area contributed by atoms with Crippen LogP contribution in [0.5, 0.6) is 5.75 Å². The summed E-state index contributed by atoms with van der Waals surface area (Å²) in [5, 5.41) is 3.74. The Kier molecular flexibility index (Phi) is 5.06. The minimum absolute atomic E-state index is 0.0415. The fourth-order valence-corrected chi connectivity index (χ4v) is 3.27. The Balaban J connectivity index is 1.80. The number of benzene rings is 3. The van der Waals surface area contributed by atoms with Gasteiger partial charge in [0.1, 0.15) is 11.3 Å². The molecule has 0 saturated heterocycles. The molecular formula is C23H16ClNO4. The number of amides is 1. The summed E-state index contributed by atoms with van der Waals surface area (Å²) in [6.45, 7) is 0. The van der Waals surface area contributed by atoms with Crippen LogP contribution in [0.15, 0.2) is 77.2 Å². The molecule has 0 fully saturated rings. The van der Waals surface area contributed by atoms with E-state index in [9.17, 15) is 9.59 Å². The standard InChI is InChI=1S/C23H16ClNO4/c1-28-15-8-6-7-14(13-15)21(26)22-20(17-10-3-5-12-19(17)29-22)25-23(27)16-9-2-4-11-18(16)24/h2-13H,1H3,(H,25,27). The predicted octanol–water partition coefficient (Wildman–Crippen LogP) is 5.58. The van der Waals surface area contributed by atoms with Gasteiger partial charge >= 0.3 is 0 Å². The van der Waals surface area contributed by atoms with E-state index in [0.717, 1.165) is 0 Å². The smallest absolute Gasteiger partial charge is 0.257 e. The number of ketones is 1. The molecule has 0 radical (unpaired) electrons. The molecule has 0 bridgehead atoms. The summed E-state index contributed by atoms with van der Waals surface area (Å²) in [5.41, 5.74) is 1.49. The topological polar surface area (TPSA) is 68.5 Å². The van der Waals surface area contributed by atoms with Crippen LogP contribution in [0.25, 0.3) is 11.0 Å². The highest BCUT2D eigenvalue weighted by Crippen LogP contribution is 2.33. The fourth-order valence-electron chi connectivity index (χ4n) is 3.05. The van der Waals surface area contributed by atoms with Crippen LogP contribution in [-0.2, 0) is 0 Å². The third kappa shape index (κ3) is 3.60. The van der Waals surface area contributed by atoms with Gasteiger partial charge in [-0.25, -0.2) is 0 Å². The molecule has 0 saturated carbocycles. The van der Waals surface area contributed by atoms with Gasteiger partial charge in [-0.1, -0.05) is 48.0 Å². The Morgan fingerprint density at radius 3 is 2.52 bits per heavy atom. The normalized spacial score (nSPS) is 10.7. The second-order valence-electron chi connectivity index (χ2n) is 6.30. The largest absolute Gasteiger partial charge is 0.497 e. The van der Waals surface area contributed by atoms with E-state index in [1.54, 1.807) is 66.7 Å². The van der Waals surface area contributed by atoms with Crippen LogP contribution in [0.3, 0.4) is 0 Å². The van der Waals surface area contributed by atoms with Crippen LogP contribution in [-0.4, -0.2) is 18.8 Å². The predicted molar refractivity (Wildman–Crippen MR) is 112 cm³/mol. The fraction of sp³-hybridized carbons (Fsp3) is 0.0435. The van der Waals surface area contributed by atoms with Gasteiger partial charge < -0.3 is 14.5 Å². The molecule has 1 N–H and O–H groups in total. The molecule has 5 nitrogen and oxygen atoms in total. The first-order chi connectivity index (χ1) is 14.1. The number of ether oxygens (including phenoxy) is 1. The number of para-hydroxylation sites is 1. The Labute approximate surface area is 171 Å². The SMILES string of the molecule is COc1cccc(C(=O)c2oc3ccccc3c2NC(=O)c2ccccc2Cl)c1. The summed E-state index contributed by atoms with van der Waals surface area (Å²) in [7, 11) is 1.53. The molecule has 0 aliphatic carbocycles. The van der Waals surface area contributed by atoms with Gasteiger partial charge in [0.05, 0.1) is 23.4 Å². The van der Waals surface area contributed by atoms with E-state index in [0.29, 0.717) is 38.6 Å². The zero-order chi connectivity index (χ0) is 20.4. The van der Waals surface area contributed by atoms with Crippen molar-refractivity contribution < 1.29 is 18.7 Å². The average Bonchev–Trinajstić information content (AvgIpc) is 3.12. The van der Waals surface area contributed by atoms with Crippen molar-refractivity contribution in [1.82, 2.24) is 0 Å². The number of hydrogen-bond donors (Lipinski definition) is 1. The number of fused-ring (bicyclic) bond motifs is 1. The summed E-state index contributed by atoms with van der Waals surface area (Å²) >= 11 is 6.14. The first kappa shape index (κ1) is 18.8. The van der Waals surface area contributed by atoms with Gasteiger partial charge in [0.25, 0.3) is 5.91 Å². The van der Waals surface area contributed by atoms with E-state index in [1.807, 2.05) is 6.07 Å². The molecule has 0 spiro atoms. The van der Waals surface area contributed by atoms with Crippen molar-refractivity contribution >= 4 is 39.9 Å². The third-order valence-electron chi connectivity index (χ3n) is 4.49. The van der Waals surface area contributed by atoms with Crippen LogP contribution >= 0.6 is 11.6 Å². The van der Waals surface area contributed by atoms with Crippen molar-refractivity contribution in [3.8, 4) is 5.75 Å². The van der Waals surface area contributed by atoms with Crippen molar-refractivity contribution in [2.24, 2.45) is 0 Å². The quantitative estimate of drug-likeness (QED) is 0.440. The maximum Gasteiger partial charge on any atom is 0.257 e.